The normalized spacial score (nSPS) is 9.93. The van der Waals surface area contributed by atoms with Gasteiger partial charge in [0.2, 0.25) is 0 Å². The average molecular weight is 280 g/mol. The number of fused-ring (bicyclic) bond motifs is 1. The summed E-state index contributed by atoms with van der Waals surface area (Å²) >= 11 is 0. The van der Waals surface area contributed by atoms with Crippen LogP contribution in [-0.4, -0.2) is 30.6 Å². The van der Waals surface area contributed by atoms with Crippen molar-refractivity contribution in [3.63, 3.8) is 0 Å². The second kappa shape index (κ2) is 4.76. The molecule has 0 spiro atoms. The molecular weight excluding hydrogens is 273 g/mol. The van der Waals surface area contributed by atoms with E-state index in [4.69, 9.17) is 5.11 Å². The first-order valence-corrected chi connectivity index (χ1v) is 3.96. The van der Waals surface area contributed by atoms with Crippen molar-refractivity contribution in [3.8, 4) is 0 Å². The topological polar surface area (TPSA) is 80.9 Å². The van der Waals surface area contributed by atoms with Crippen molar-refractivity contribution in [2.45, 2.75) is 13.5 Å². The molecular formula is C8H7N4O2Y-. The molecule has 0 unspecified atom stereocenters. The van der Waals surface area contributed by atoms with Gasteiger partial charge in [-0.3, -0.25) is 9.78 Å². The number of imidazole rings is 1. The first-order valence-electron chi connectivity index (χ1n) is 3.96. The molecule has 15 heavy (non-hydrogen) atoms. The van der Waals surface area contributed by atoms with Gasteiger partial charge in [0.05, 0.1) is 6.33 Å². The molecule has 0 amide bonds. The number of carboxylic acids is 1. The molecule has 7 heteroatoms. The van der Waals surface area contributed by atoms with Crippen LogP contribution in [0.5, 0.6) is 0 Å². The summed E-state index contributed by atoms with van der Waals surface area (Å²) in [5.41, 5.74) is 1.81. The zero-order chi connectivity index (χ0) is 10.1. The van der Waals surface area contributed by atoms with Crippen molar-refractivity contribution in [1.29, 1.82) is 0 Å². The predicted molar refractivity (Wildman–Crippen MR) is 46.5 cm³/mol. The number of rotatable bonds is 2. The minimum absolute atomic E-state index is 0. The molecule has 0 aliphatic carbocycles. The maximum atomic E-state index is 10.5. The van der Waals surface area contributed by atoms with E-state index in [0.29, 0.717) is 16.9 Å². The Bertz CT molecular complexity index is 496. The van der Waals surface area contributed by atoms with Crippen LogP contribution in [0.4, 0.5) is 0 Å². The first-order chi connectivity index (χ1) is 6.68. The van der Waals surface area contributed by atoms with Crippen molar-refractivity contribution in [3.05, 3.63) is 18.3 Å². The Morgan fingerprint density at radius 2 is 2.33 bits per heavy atom. The minimum Gasteiger partial charge on any atom is -0.480 e. The molecule has 2 heterocycles. The summed E-state index contributed by atoms with van der Waals surface area (Å²) in [5, 5.41) is 8.61. The van der Waals surface area contributed by atoms with E-state index in [2.05, 4.69) is 21.3 Å². The van der Waals surface area contributed by atoms with Gasteiger partial charge in [0.15, 0.2) is 0 Å². The number of hydrogen-bond donors (Lipinski definition) is 1. The molecule has 0 aliphatic heterocycles. The largest absolute Gasteiger partial charge is 0.480 e. The Hall–Kier alpha value is -0.876. The standard InChI is InChI=1S/C8H7N4O2.Y/c1-5-7-8(10-3-9-5)12(4-11-7)2-6(13)14;/h4H,2H2,1H3,(H,13,14);/q-1;. The van der Waals surface area contributed by atoms with Crippen molar-refractivity contribution in [2.24, 2.45) is 0 Å². The van der Waals surface area contributed by atoms with Crippen LogP contribution in [0.15, 0.2) is 6.33 Å². The summed E-state index contributed by atoms with van der Waals surface area (Å²) in [4.78, 5) is 22.2. The van der Waals surface area contributed by atoms with Gasteiger partial charge in [-0.05, 0) is 5.69 Å². The minimum atomic E-state index is -0.930. The van der Waals surface area contributed by atoms with E-state index < -0.39 is 5.97 Å². The molecule has 2 aromatic rings. The second-order valence-electron chi connectivity index (χ2n) is 2.85. The number of nitrogens with zero attached hydrogens (tertiary/aromatic N) is 4. The van der Waals surface area contributed by atoms with Crippen molar-refractivity contribution >= 4 is 17.1 Å². The Kier molecular flexibility index (Phi) is 3.87. The summed E-state index contributed by atoms with van der Waals surface area (Å²) in [5.74, 6) is -0.930. The van der Waals surface area contributed by atoms with E-state index >= 15 is 0 Å². The quantitative estimate of drug-likeness (QED) is 0.784. The van der Waals surface area contributed by atoms with Crippen molar-refractivity contribution in [2.75, 3.05) is 0 Å². The van der Waals surface area contributed by atoms with Gasteiger partial charge in [-0.15, -0.1) is 0 Å². The van der Waals surface area contributed by atoms with Gasteiger partial charge in [-0.1, -0.05) is 6.92 Å². The van der Waals surface area contributed by atoms with Crippen LogP contribution >= 0.6 is 0 Å². The third kappa shape index (κ3) is 2.38. The molecule has 1 N–H and O–H groups in total. The molecule has 2 aromatic heterocycles. The van der Waals surface area contributed by atoms with E-state index in [0.717, 1.165) is 0 Å². The first kappa shape index (κ1) is 12.2. The fourth-order valence-electron chi connectivity index (χ4n) is 1.21. The molecule has 0 atom stereocenters. The van der Waals surface area contributed by atoms with Gasteiger partial charge in [0.25, 0.3) is 0 Å². The maximum absolute atomic E-state index is 10.5. The number of aryl methyl sites for hydroxylation is 1. The van der Waals surface area contributed by atoms with E-state index in [1.54, 1.807) is 6.92 Å². The SMILES string of the molecule is Cc1n[c-]nc2c1ncn2CC(=O)O.[Y]. The zero-order valence-electron chi connectivity index (χ0n) is 8.01. The van der Waals surface area contributed by atoms with Crippen LogP contribution in [0.2, 0.25) is 0 Å². The van der Waals surface area contributed by atoms with Crippen molar-refractivity contribution < 1.29 is 42.6 Å². The Balaban J connectivity index is 0.00000112. The smallest absolute Gasteiger partial charge is 0.322 e. The van der Waals surface area contributed by atoms with Crippen LogP contribution in [0.3, 0.4) is 0 Å². The Labute approximate surface area is 111 Å². The molecule has 0 fully saturated rings. The third-order valence-corrected chi connectivity index (χ3v) is 1.83. The molecule has 0 bridgehead atoms. The van der Waals surface area contributed by atoms with Crippen LogP contribution in [0.25, 0.3) is 11.2 Å². The van der Waals surface area contributed by atoms with E-state index in [1.165, 1.54) is 10.9 Å². The van der Waals surface area contributed by atoms with Crippen LogP contribution in [0.1, 0.15) is 5.69 Å². The summed E-state index contributed by atoms with van der Waals surface area (Å²) in [7, 11) is 0. The van der Waals surface area contributed by atoms with Gasteiger partial charge in [0, 0.05) is 50.2 Å². The molecule has 2 rings (SSSR count). The van der Waals surface area contributed by atoms with Gasteiger partial charge >= 0.3 is 5.97 Å². The summed E-state index contributed by atoms with van der Waals surface area (Å²) in [6.07, 6.45) is 3.89. The fourth-order valence-corrected chi connectivity index (χ4v) is 1.21. The van der Waals surface area contributed by atoms with E-state index in [1.807, 2.05) is 0 Å². The molecule has 75 valence electrons. The molecule has 0 aliphatic rings. The molecule has 6 nitrogen and oxygen atoms in total. The van der Waals surface area contributed by atoms with E-state index in [9.17, 15) is 4.79 Å². The summed E-state index contributed by atoms with van der Waals surface area (Å²) in [6, 6.07) is 0. The van der Waals surface area contributed by atoms with Gasteiger partial charge in [0.1, 0.15) is 6.54 Å². The number of aliphatic carboxylic acids is 1. The summed E-state index contributed by atoms with van der Waals surface area (Å²) < 4.78 is 1.45. The fraction of sp³-hybridized carbons (Fsp3) is 0.250. The van der Waals surface area contributed by atoms with Gasteiger partial charge in [-0.25, -0.2) is 0 Å². The molecule has 0 saturated heterocycles. The van der Waals surface area contributed by atoms with Gasteiger partial charge in [-0.2, -0.15) is 0 Å². The Morgan fingerprint density at radius 1 is 1.60 bits per heavy atom. The van der Waals surface area contributed by atoms with Crippen molar-refractivity contribution in [1.82, 2.24) is 19.5 Å². The second-order valence-corrected chi connectivity index (χ2v) is 2.85. The maximum Gasteiger partial charge on any atom is 0.322 e. The molecule has 0 saturated carbocycles. The monoisotopic (exact) mass is 280 g/mol. The zero-order valence-corrected chi connectivity index (χ0v) is 10.8. The third-order valence-electron chi connectivity index (χ3n) is 1.83. The van der Waals surface area contributed by atoms with Crippen LogP contribution in [-0.2, 0) is 44.0 Å². The number of carboxylic acid groups (broad SMARTS) is 1. The van der Waals surface area contributed by atoms with E-state index in [-0.39, 0.29) is 39.3 Å². The van der Waals surface area contributed by atoms with Crippen LogP contribution in [0, 0.1) is 13.3 Å². The molecule has 1 radical (unpaired) electrons. The van der Waals surface area contributed by atoms with Gasteiger partial charge < -0.3 is 19.6 Å². The predicted octanol–water partition coefficient (Wildman–Crippen LogP) is 0.0170. The number of hydrogen-bond acceptors (Lipinski definition) is 4. The molecule has 0 aromatic carbocycles. The number of carbonyl (C=O) groups is 1. The summed E-state index contributed by atoms with van der Waals surface area (Å²) in [6.45, 7) is 1.62. The Morgan fingerprint density at radius 3 is 3.00 bits per heavy atom. The number of aromatic nitrogens is 4. The van der Waals surface area contributed by atoms with Crippen LogP contribution < -0.4 is 0 Å². The average Bonchev–Trinajstić information content (AvgIpc) is 2.49.